The van der Waals surface area contributed by atoms with Crippen LogP contribution in [-0.2, 0) is 11.3 Å². The fourth-order valence-electron chi connectivity index (χ4n) is 2.13. The van der Waals surface area contributed by atoms with Crippen LogP contribution in [0.15, 0.2) is 14.3 Å². The van der Waals surface area contributed by atoms with Gasteiger partial charge in [0.1, 0.15) is 0 Å². The van der Waals surface area contributed by atoms with Gasteiger partial charge in [-0.2, -0.15) is 0 Å². The van der Waals surface area contributed by atoms with Crippen LogP contribution in [0.4, 0.5) is 0 Å². The van der Waals surface area contributed by atoms with E-state index in [1.165, 1.54) is 0 Å². The Hall–Kier alpha value is 1.04. The summed E-state index contributed by atoms with van der Waals surface area (Å²) in [7, 11) is 0. The molecule has 0 saturated carbocycles. The average molecular weight is 460 g/mol. The van der Waals surface area contributed by atoms with Crippen molar-refractivity contribution in [2.75, 3.05) is 39.5 Å². The molecule has 0 aromatic carbocycles. The third-order valence-corrected chi connectivity index (χ3v) is 13.5. The van der Waals surface area contributed by atoms with Crippen molar-refractivity contribution in [2.24, 2.45) is 0 Å². The molecule has 3 saturated heterocycles. The van der Waals surface area contributed by atoms with Gasteiger partial charge in [0, 0.05) is 0 Å². The van der Waals surface area contributed by atoms with Crippen LogP contribution >= 0.6 is 43.2 Å². The van der Waals surface area contributed by atoms with Crippen LogP contribution in [0, 0.1) is 0 Å². The maximum atomic E-state index is 6.08. The number of fused-ring (bicyclic) bond motifs is 6. The van der Waals surface area contributed by atoms with Crippen molar-refractivity contribution in [3.05, 3.63) is 14.3 Å². The second kappa shape index (κ2) is 5.81. The number of nitrogens with zero attached hydrogens (tertiary/aromatic N) is 1. The Morgan fingerprint density at radius 1 is 1.06 bits per heavy atom. The van der Waals surface area contributed by atoms with Crippen molar-refractivity contribution in [3.63, 3.8) is 0 Å². The quantitative estimate of drug-likeness (QED) is 0.600. The first-order valence-corrected chi connectivity index (χ1v) is 11.8. The summed E-state index contributed by atoms with van der Waals surface area (Å²) in [4.78, 5) is 2.32. The van der Waals surface area contributed by atoms with E-state index in [1.54, 1.807) is 11.3 Å². The molecular weight excluding hydrogens is 447 g/mol. The summed E-state index contributed by atoms with van der Waals surface area (Å²) in [5, 5.41) is 0. The van der Waals surface area contributed by atoms with Crippen LogP contribution in [0.5, 0.6) is 0 Å². The Labute approximate surface area is 130 Å². The summed E-state index contributed by atoms with van der Waals surface area (Å²) in [6.45, 7) is 5.02. The van der Waals surface area contributed by atoms with Crippen LogP contribution in [0.1, 0.15) is 0 Å². The van der Waals surface area contributed by atoms with E-state index in [2.05, 4.69) is 36.8 Å². The molecule has 4 rings (SSSR count). The van der Waals surface area contributed by atoms with Crippen LogP contribution in [0.2, 0.25) is 0 Å². The van der Waals surface area contributed by atoms with E-state index in [0.717, 1.165) is 31.6 Å². The van der Waals surface area contributed by atoms with Crippen LogP contribution in [-0.4, -0.2) is 58.6 Å². The third kappa shape index (κ3) is 2.74. The molecule has 18 heavy (non-hydrogen) atoms. The second-order valence-corrected chi connectivity index (χ2v) is 13.4. The minimum absolute atomic E-state index is 0.696. The molecule has 4 heterocycles. The number of halogens is 2. The number of thiophene rings is 1. The van der Waals surface area contributed by atoms with E-state index in [9.17, 15) is 0 Å². The van der Waals surface area contributed by atoms with E-state index in [4.69, 9.17) is 11.3 Å². The van der Waals surface area contributed by atoms with Gasteiger partial charge >= 0.3 is 131 Å². The van der Waals surface area contributed by atoms with Crippen molar-refractivity contribution in [2.45, 2.75) is 0 Å². The SMILES string of the molecule is Brc1cc(Br)[c]([Ge]23[O]CCN(CC[O]2)CC[O]3)s1. The molecule has 0 spiro atoms. The van der Waals surface area contributed by atoms with Crippen LogP contribution in [0.25, 0.3) is 0 Å². The Morgan fingerprint density at radius 3 is 2.06 bits per heavy atom. The van der Waals surface area contributed by atoms with E-state index in [0.29, 0.717) is 19.8 Å². The zero-order chi connectivity index (χ0) is 12.6. The van der Waals surface area contributed by atoms with Gasteiger partial charge in [-0.1, -0.05) is 0 Å². The minimum atomic E-state index is -3.30. The maximum absolute atomic E-state index is 6.08. The Bertz CT molecular complexity index is 418. The molecule has 0 N–H and O–H groups in total. The molecule has 4 nitrogen and oxygen atoms in total. The summed E-state index contributed by atoms with van der Waals surface area (Å²) in [6.07, 6.45) is 0. The predicted molar refractivity (Wildman–Crippen MR) is 79.4 cm³/mol. The number of hydrogen-bond acceptors (Lipinski definition) is 5. The van der Waals surface area contributed by atoms with Gasteiger partial charge in [0.2, 0.25) is 0 Å². The summed E-state index contributed by atoms with van der Waals surface area (Å²) in [5.41, 5.74) is 0. The van der Waals surface area contributed by atoms with Crippen LogP contribution in [0.3, 0.4) is 0 Å². The summed E-state index contributed by atoms with van der Waals surface area (Å²) in [5.74, 6) is 0. The van der Waals surface area contributed by atoms with Gasteiger partial charge in [-0.3, -0.25) is 0 Å². The molecular formula is C10H13Br2GeNO3S. The second-order valence-electron chi connectivity index (χ2n) is 4.17. The molecule has 3 aliphatic heterocycles. The zero-order valence-corrected chi connectivity index (χ0v) is 15.7. The van der Waals surface area contributed by atoms with E-state index in [1.807, 2.05) is 6.07 Å². The van der Waals surface area contributed by atoms with Gasteiger partial charge < -0.3 is 0 Å². The van der Waals surface area contributed by atoms with Gasteiger partial charge in [-0.15, -0.1) is 0 Å². The first-order chi connectivity index (χ1) is 8.70. The predicted octanol–water partition coefficient (Wildman–Crippen LogP) is 1.80. The average Bonchev–Trinajstić information content (AvgIpc) is 2.56. The van der Waals surface area contributed by atoms with E-state index < -0.39 is 14.3 Å². The van der Waals surface area contributed by atoms with Crippen molar-refractivity contribution >= 4 is 61.2 Å². The van der Waals surface area contributed by atoms with E-state index >= 15 is 0 Å². The standard InChI is InChI=1S/C10H13Br2GeNO3S/c11-8-7-9(12)18-10(8)13-15-4-1-14(2-5-16-13)3-6-17-13/h7H,1-6H2. The zero-order valence-electron chi connectivity index (χ0n) is 9.66. The first-order valence-electron chi connectivity index (χ1n) is 5.79. The summed E-state index contributed by atoms with van der Waals surface area (Å²) < 4.78 is 21.5. The van der Waals surface area contributed by atoms with Crippen molar-refractivity contribution in [1.29, 1.82) is 0 Å². The summed E-state index contributed by atoms with van der Waals surface area (Å²) >= 11 is 5.47. The van der Waals surface area contributed by atoms with Crippen LogP contribution < -0.4 is 3.71 Å². The normalized spacial score (nSPS) is 32.9. The number of rotatable bonds is 1. The van der Waals surface area contributed by atoms with Gasteiger partial charge in [-0.25, -0.2) is 0 Å². The van der Waals surface area contributed by atoms with Gasteiger partial charge in [0.25, 0.3) is 0 Å². The van der Waals surface area contributed by atoms with Crippen molar-refractivity contribution in [3.8, 4) is 0 Å². The molecule has 1 aromatic heterocycles. The monoisotopic (exact) mass is 459 g/mol. The fourth-order valence-corrected chi connectivity index (χ4v) is 13.4. The fraction of sp³-hybridized carbons (Fsp3) is 0.600. The molecule has 0 radical (unpaired) electrons. The Balaban J connectivity index is 1.96. The third-order valence-electron chi connectivity index (χ3n) is 3.03. The Kier molecular flexibility index (Phi) is 4.52. The van der Waals surface area contributed by atoms with Gasteiger partial charge in [0.05, 0.1) is 0 Å². The number of hydrogen-bond donors (Lipinski definition) is 0. The molecule has 0 atom stereocenters. The molecule has 0 amide bonds. The van der Waals surface area contributed by atoms with Gasteiger partial charge in [0.15, 0.2) is 0 Å². The Morgan fingerprint density at radius 2 is 1.61 bits per heavy atom. The molecule has 3 fully saturated rings. The van der Waals surface area contributed by atoms with Crippen molar-refractivity contribution < 1.29 is 11.3 Å². The summed E-state index contributed by atoms with van der Waals surface area (Å²) in [6, 6.07) is 2.04. The molecule has 8 heteroatoms. The van der Waals surface area contributed by atoms with Gasteiger partial charge in [-0.05, 0) is 0 Å². The molecule has 100 valence electrons. The topological polar surface area (TPSA) is 30.9 Å². The molecule has 0 unspecified atom stereocenters. The first kappa shape index (κ1) is 14.0. The van der Waals surface area contributed by atoms with E-state index in [-0.39, 0.29) is 0 Å². The molecule has 2 bridgehead atoms. The molecule has 1 aromatic rings. The molecule has 0 aliphatic carbocycles. The molecule has 3 aliphatic rings. The van der Waals surface area contributed by atoms with Crippen molar-refractivity contribution in [1.82, 2.24) is 4.90 Å².